The third-order valence-electron chi connectivity index (χ3n) is 6.10. The molecule has 2 aromatic heterocycles. The summed E-state index contributed by atoms with van der Waals surface area (Å²) in [5.41, 5.74) is 3.01. The number of aromatic nitrogens is 4. The number of rotatable bonds is 0. The van der Waals surface area contributed by atoms with Gasteiger partial charge < -0.3 is 19.4 Å². The van der Waals surface area contributed by atoms with Crippen molar-refractivity contribution in [1.29, 1.82) is 0 Å². The number of nitrogens with one attached hydrogen (secondary N) is 2. The van der Waals surface area contributed by atoms with Crippen molar-refractivity contribution >= 4 is 56.6 Å². The van der Waals surface area contributed by atoms with Gasteiger partial charge in [0.2, 0.25) is 0 Å². The fourth-order valence-corrected chi connectivity index (χ4v) is 4.81. The van der Waals surface area contributed by atoms with Gasteiger partial charge in [0.1, 0.15) is 32.1 Å². The number of aromatic amines is 2. The minimum atomic E-state index is -0.250. The minimum absolute atomic E-state index is 0.180. The van der Waals surface area contributed by atoms with Crippen molar-refractivity contribution in [3.05, 3.63) is 66.0 Å². The summed E-state index contributed by atoms with van der Waals surface area (Å²) in [5.74, 6) is 1.33. The third-order valence-corrected chi connectivity index (χ3v) is 6.80. The zero-order valence-electron chi connectivity index (χ0n) is 17.5. The van der Waals surface area contributed by atoms with Gasteiger partial charge in [-0.25, -0.2) is 19.6 Å². The number of ether oxygens (including phenoxy) is 2. The highest BCUT2D eigenvalue weighted by Crippen LogP contribution is 2.44. The number of fused-ring (bicyclic) bond motifs is 6. The van der Waals surface area contributed by atoms with E-state index in [0.717, 1.165) is 0 Å². The molecule has 34 heavy (non-hydrogen) atoms. The van der Waals surface area contributed by atoms with Gasteiger partial charge >= 0.3 is 11.4 Å². The van der Waals surface area contributed by atoms with Crippen LogP contribution in [-0.4, -0.2) is 19.1 Å². The highest BCUT2D eigenvalue weighted by molar-refractivity contribution is 6.35. The molecule has 0 spiro atoms. The van der Waals surface area contributed by atoms with E-state index in [1.54, 1.807) is 38.4 Å². The zero-order chi connectivity index (χ0) is 23.5. The van der Waals surface area contributed by atoms with E-state index in [-0.39, 0.29) is 32.9 Å². The molecule has 3 aromatic carbocycles. The van der Waals surface area contributed by atoms with E-state index in [0.29, 0.717) is 55.7 Å². The Hall–Kier alpha value is -4.02. The van der Waals surface area contributed by atoms with Crippen molar-refractivity contribution in [1.82, 2.24) is 19.1 Å². The van der Waals surface area contributed by atoms with Gasteiger partial charge in [-0.15, -0.1) is 0 Å². The number of aryl methyl sites for hydroxylation is 2. The van der Waals surface area contributed by atoms with Crippen molar-refractivity contribution < 1.29 is 9.47 Å². The number of hydrogen-bond acceptors (Lipinski definition) is 6. The normalized spacial score (nSPS) is 13.3. The summed E-state index contributed by atoms with van der Waals surface area (Å²) in [6.45, 7) is 0. The maximum Gasteiger partial charge on any atom is 0.326 e. The van der Waals surface area contributed by atoms with E-state index in [1.165, 1.54) is 9.13 Å². The van der Waals surface area contributed by atoms with Gasteiger partial charge in [-0.3, -0.25) is 9.13 Å². The van der Waals surface area contributed by atoms with Crippen molar-refractivity contribution in [2.75, 3.05) is 0 Å². The molecule has 0 amide bonds. The van der Waals surface area contributed by atoms with E-state index in [9.17, 15) is 9.59 Å². The highest BCUT2D eigenvalue weighted by atomic mass is 35.5. The number of H-pyrrole nitrogens is 2. The largest absolute Gasteiger partial charge is 0.451 e. The SMILES string of the molecule is Cn1c(=O)[nH]c2cc3c(cc21)Oc1c(Cl)c2c(c(Cl)c1=N3)Oc1cc3c(cc1N=2)[nH]c(=O)n3C. The van der Waals surface area contributed by atoms with Crippen LogP contribution < -0.4 is 31.6 Å². The Balaban J connectivity index is 1.49. The van der Waals surface area contributed by atoms with Crippen molar-refractivity contribution in [2.45, 2.75) is 0 Å². The topological polar surface area (TPSA) is 119 Å². The van der Waals surface area contributed by atoms with Crippen LogP contribution in [0.3, 0.4) is 0 Å². The lowest BCUT2D eigenvalue weighted by Crippen LogP contribution is -2.22. The lowest BCUT2D eigenvalue weighted by atomic mass is 10.2. The molecule has 12 heteroatoms. The zero-order valence-corrected chi connectivity index (χ0v) is 19.0. The van der Waals surface area contributed by atoms with Gasteiger partial charge in [0, 0.05) is 26.2 Å². The number of halogens is 2. The van der Waals surface area contributed by atoms with E-state index in [1.807, 2.05) is 0 Å². The molecule has 2 aliphatic rings. The summed E-state index contributed by atoms with van der Waals surface area (Å²) in [6, 6.07) is 6.85. The van der Waals surface area contributed by atoms with Crippen LogP contribution >= 0.6 is 23.2 Å². The van der Waals surface area contributed by atoms with E-state index in [2.05, 4.69) is 20.0 Å². The molecule has 10 nitrogen and oxygen atoms in total. The summed E-state index contributed by atoms with van der Waals surface area (Å²) in [7, 11) is 3.32. The molecule has 0 saturated heterocycles. The van der Waals surface area contributed by atoms with Crippen LogP contribution in [0.1, 0.15) is 0 Å². The first-order valence-corrected chi connectivity index (χ1v) is 10.9. The van der Waals surface area contributed by atoms with Crippen LogP contribution in [0.15, 0.2) is 43.8 Å². The Kier molecular flexibility index (Phi) is 3.61. The molecule has 168 valence electrons. The highest BCUT2D eigenvalue weighted by Gasteiger charge is 2.28. The average Bonchev–Trinajstić information content (AvgIpc) is 3.26. The molecule has 0 atom stereocenters. The first-order chi connectivity index (χ1) is 16.3. The quantitative estimate of drug-likeness (QED) is 0.335. The lowest BCUT2D eigenvalue weighted by Gasteiger charge is -2.21. The fourth-order valence-electron chi connectivity index (χ4n) is 4.29. The van der Waals surface area contributed by atoms with Gasteiger partial charge in [0.25, 0.3) is 0 Å². The molecule has 0 saturated carbocycles. The Labute approximate surface area is 198 Å². The molecule has 0 bridgehead atoms. The molecule has 0 radical (unpaired) electrons. The van der Waals surface area contributed by atoms with Crippen LogP contribution in [0.4, 0.5) is 11.4 Å². The van der Waals surface area contributed by atoms with Crippen LogP contribution in [-0.2, 0) is 14.1 Å². The molecule has 2 N–H and O–H groups in total. The molecule has 0 fully saturated rings. The second-order valence-electron chi connectivity index (χ2n) is 8.06. The monoisotopic (exact) mass is 494 g/mol. The predicted molar refractivity (Wildman–Crippen MR) is 125 cm³/mol. The number of nitrogens with zero attached hydrogens (tertiary/aromatic N) is 4. The van der Waals surface area contributed by atoms with Crippen molar-refractivity contribution in [3.63, 3.8) is 0 Å². The molecule has 5 aromatic rings. The summed E-state index contributed by atoms with van der Waals surface area (Å²) in [5, 5.41) is 0.951. The second kappa shape index (κ2) is 6.31. The number of benzene rings is 3. The first kappa shape index (κ1) is 19.4. The predicted octanol–water partition coefficient (Wildman–Crippen LogP) is 3.47. The fraction of sp³-hybridized carbons (Fsp3) is 0.0909. The molecule has 0 aliphatic carbocycles. The maximum absolute atomic E-state index is 12.0. The second-order valence-corrected chi connectivity index (χ2v) is 8.82. The van der Waals surface area contributed by atoms with Crippen molar-refractivity contribution in [2.24, 2.45) is 24.1 Å². The van der Waals surface area contributed by atoms with Gasteiger partial charge in [0.05, 0.1) is 22.1 Å². The summed E-state index contributed by atoms with van der Waals surface area (Å²) in [6.07, 6.45) is 0. The van der Waals surface area contributed by atoms with Gasteiger partial charge in [-0.05, 0) is 12.1 Å². The maximum atomic E-state index is 12.0. The van der Waals surface area contributed by atoms with Crippen LogP contribution in [0.25, 0.3) is 22.1 Å². The molecular formula is C22H12Cl2N6O4. The Morgan fingerprint density at radius 3 is 1.56 bits per heavy atom. The molecular weight excluding hydrogens is 483 g/mol. The number of imidazole rings is 2. The average molecular weight is 495 g/mol. The smallest absolute Gasteiger partial charge is 0.326 e. The van der Waals surface area contributed by atoms with Gasteiger partial charge in [-0.2, -0.15) is 0 Å². The van der Waals surface area contributed by atoms with Crippen LogP contribution in [0.5, 0.6) is 23.0 Å². The summed E-state index contributed by atoms with van der Waals surface area (Å²) >= 11 is 13.4. The summed E-state index contributed by atoms with van der Waals surface area (Å²) < 4.78 is 15.2. The van der Waals surface area contributed by atoms with E-state index < -0.39 is 0 Å². The third kappa shape index (κ3) is 2.41. The Morgan fingerprint density at radius 1 is 0.735 bits per heavy atom. The van der Waals surface area contributed by atoms with E-state index in [4.69, 9.17) is 32.7 Å². The lowest BCUT2D eigenvalue weighted by molar-refractivity contribution is 0.452. The molecule has 0 unspecified atom stereocenters. The summed E-state index contributed by atoms with van der Waals surface area (Å²) in [4.78, 5) is 38.9. The van der Waals surface area contributed by atoms with Gasteiger partial charge in [0.15, 0.2) is 23.0 Å². The van der Waals surface area contributed by atoms with Gasteiger partial charge in [-0.1, -0.05) is 23.2 Å². The minimum Gasteiger partial charge on any atom is -0.451 e. The molecule has 2 aliphatic heterocycles. The van der Waals surface area contributed by atoms with Crippen LogP contribution in [0.2, 0.25) is 10.0 Å². The Morgan fingerprint density at radius 2 is 1.15 bits per heavy atom. The van der Waals surface area contributed by atoms with E-state index >= 15 is 0 Å². The molecule has 7 rings (SSSR count). The molecule has 4 heterocycles. The van der Waals surface area contributed by atoms with Crippen LogP contribution in [0, 0.1) is 0 Å². The Bertz CT molecular complexity index is 1870. The standard InChI is InChI=1S/C22H12Cl2N6O4/c1-29-11-5-13-9(3-7(11)27-21(29)31)25-17-16(24)20-18(15(23)19(17)33-13)26-10-4-8-12(6-14(10)34-20)30(2)22(32)28-8/h3-6H,1-2H3,(H,27,31)(H,28,32). The first-order valence-electron chi connectivity index (χ1n) is 10.1. The van der Waals surface area contributed by atoms with Crippen molar-refractivity contribution in [3.8, 4) is 23.0 Å². The number of hydrogen-bond donors (Lipinski definition) is 2.